The lowest BCUT2D eigenvalue weighted by Crippen LogP contribution is -1.96. The van der Waals surface area contributed by atoms with Crippen molar-refractivity contribution in [3.8, 4) is 11.6 Å². The van der Waals surface area contributed by atoms with Crippen LogP contribution in [0.1, 0.15) is 6.42 Å². The molecule has 112 valence electrons. The monoisotopic (exact) mass is 350 g/mol. The molecule has 0 saturated heterocycles. The van der Waals surface area contributed by atoms with Gasteiger partial charge in [-0.25, -0.2) is 9.97 Å². The van der Waals surface area contributed by atoms with E-state index < -0.39 is 4.33 Å². The molecule has 22 heavy (non-hydrogen) atoms. The van der Waals surface area contributed by atoms with E-state index in [-0.39, 0.29) is 0 Å². The van der Waals surface area contributed by atoms with Crippen molar-refractivity contribution in [1.29, 1.82) is 0 Å². The summed E-state index contributed by atoms with van der Waals surface area (Å²) < 4.78 is 4.86. The van der Waals surface area contributed by atoms with E-state index in [2.05, 4.69) is 9.97 Å². The summed E-state index contributed by atoms with van der Waals surface area (Å²) in [5.74, 6) is 2.45. The third-order valence-corrected chi connectivity index (χ3v) is 5.77. The molecule has 0 N–H and O–H groups in total. The van der Waals surface area contributed by atoms with Crippen LogP contribution in [0.2, 0.25) is 0 Å². The molecule has 1 aliphatic rings. The van der Waals surface area contributed by atoms with Gasteiger partial charge in [0.1, 0.15) is 9.36 Å². The first-order valence-corrected chi connectivity index (χ1v) is 8.69. The molecule has 1 saturated carbocycles. The predicted octanol–water partition coefficient (Wildman–Crippen LogP) is 5.18. The van der Waals surface area contributed by atoms with Crippen LogP contribution in [0.25, 0.3) is 22.5 Å². The van der Waals surface area contributed by atoms with Gasteiger partial charge in [0.2, 0.25) is 0 Å². The lowest BCUT2D eigenvalue weighted by atomic mass is 10.2. The van der Waals surface area contributed by atoms with Gasteiger partial charge in [-0.15, -0.1) is 35.0 Å². The zero-order chi connectivity index (χ0) is 15.2. The molecule has 1 fully saturated rings. The molecule has 0 unspecified atom stereocenters. The van der Waals surface area contributed by atoms with Crippen LogP contribution in [-0.2, 0) is 0 Å². The van der Waals surface area contributed by atoms with Crippen LogP contribution < -0.4 is 0 Å². The van der Waals surface area contributed by atoms with Crippen LogP contribution in [0.3, 0.4) is 0 Å². The summed E-state index contributed by atoms with van der Waals surface area (Å²) in [6.45, 7) is 0. The fourth-order valence-electron chi connectivity index (χ4n) is 2.30. The fraction of sp³-hybridized carbons (Fsp3) is 0.250. The van der Waals surface area contributed by atoms with Gasteiger partial charge in [-0.2, -0.15) is 0 Å². The van der Waals surface area contributed by atoms with Crippen LogP contribution in [0.4, 0.5) is 0 Å². The Bertz CT molecular complexity index is 820. The molecule has 2 aromatic heterocycles. The van der Waals surface area contributed by atoms with E-state index in [1.807, 2.05) is 36.4 Å². The zero-order valence-corrected chi connectivity index (χ0v) is 13.8. The van der Waals surface area contributed by atoms with Gasteiger partial charge in [-0.1, -0.05) is 18.2 Å². The molecule has 2 heterocycles. The minimum absolute atomic E-state index is 0.321. The fourth-order valence-corrected chi connectivity index (χ4v) is 4.25. The van der Waals surface area contributed by atoms with Gasteiger partial charge in [0, 0.05) is 17.1 Å². The van der Waals surface area contributed by atoms with Crippen molar-refractivity contribution in [3.63, 3.8) is 0 Å². The first kappa shape index (κ1) is 14.4. The quantitative estimate of drug-likeness (QED) is 0.369. The summed E-state index contributed by atoms with van der Waals surface area (Å²) in [4.78, 5) is 9.24. The molecule has 0 amide bonds. The molecule has 1 atom stereocenters. The first-order chi connectivity index (χ1) is 10.6. The Labute approximate surface area is 142 Å². The molecule has 6 heteroatoms. The summed E-state index contributed by atoms with van der Waals surface area (Å²) >= 11 is 13.9. The van der Waals surface area contributed by atoms with E-state index in [1.165, 1.54) is 0 Å². The topological polar surface area (TPSA) is 38.9 Å². The van der Waals surface area contributed by atoms with Crippen molar-refractivity contribution < 1.29 is 4.42 Å². The number of fused-ring (bicyclic) bond motifs is 1. The van der Waals surface area contributed by atoms with Gasteiger partial charge in [0.25, 0.3) is 0 Å². The second-order valence-corrected chi connectivity index (χ2v) is 7.87. The second kappa shape index (κ2) is 5.44. The number of furan rings is 1. The summed E-state index contributed by atoms with van der Waals surface area (Å²) in [7, 11) is 0. The van der Waals surface area contributed by atoms with Crippen molar-refractivity contribution >= 4 is 45.9 Å². The number of para-hydroxylation sites is 1. The summed E-state index contributed by atoms with van der Waals surface area (Å²) in [5.41, 5.74) is 0.908. The third kappa shape index (κ3) is 2.71. The van der Waals surface area contributed by atoms with Gasteiger partial charge < -0.3 is 4.42 Å². The number of nitrogens with zero attached hydrogens (tertiary/aromatic N) is 2. The summed E-state index contributed by atoms with van der Waals surface area (Å²) in [6.07, 6.45) is 2.47. The molecule has 1 aromatic carbocycles. The average Bonchev–Trinajstić information content (AvgIpc) is 2.93. The van der Waals surface area contributed by atoms with Crippen LogP contribution in [-0.4, -0.2) is 20.1 Å². The van der Waals surface area contributed by atoms with Gasteiger partial charge >= 0.3 is 0 Å². The molecule has 0 aliphatic heterocycles. The molecule has 0 radical (unpaired) electrons. The normalized spacial score (nSPS) is 19.5. The Morgan fingerprint density at radius 2 is 2.00 bits per heavy atom. The summed E-state index contributed by atoms with van der Waals surface area (Å²) in [6, 6.07) is 11.7. The number of halogens is 2. The van der Waals surface area contributed by atoms with Gasteiger partial charge in [0.05, 0.1) is 11.8 Å². The number of rotatable bonds is 4. The van der Waals surface area contributed by atoms with Crippen molar-refractivity contribution in [2.24, 2.45) is 5.92 Å². The minimum Gasteiger partial charge on any atom is -0.461 e. The maximum Gasteiger partial charge on any atom is 0.197 e. The molecule has 3 nitrogen and oxygen atoms in total. The van der Waals surface area contributed by atoms with Crippen LogP contribution >= 0.6 is 35.0 Å². The van der Waals surface area contributed by atoms with Crippen molar-refractivity contribution in [2.75, 3.05) is 5.75 Å². The van der Waals surface area contributed by atoms with Gasteiger partial charge in [0.15, 0.2) is 11.6 Å². The first-order valence-electron chi connectivity index (χ1n) is 6.95. The molecule has 0 bridgehead atoms. The molecular formula is C16H12Cl2N2OS. The van der Waals surface area contributed by atoms with Gasteiger partial charge in [-0.05, 0) is 24.6 Å². The van der Waals surface area contributed by atoms with Crippen molar-refractivity contribution in [3.05, 3.63) is 42.7 Å². The Morgan fingerprint density at radius 3 is 2.73 bits per heavy atom. The third-order valence-electron chi connectivity index (χ3n) is 3.69. The van der Waals surface area contributed by atoms with Crippen molar-refractivity contribution in [2.45, 2.75) is 15.8 Å². The van der Waals surface area contributed by atoms with E-state index in [1.54, 1.807) is 18.0 Å². The number of hydrogen-bond acceptors (Lipinski definition) is 4. The Balaban J connectivity index is 1.71. The Morgan fingerprint density at radius 1 is 1.18 bits per heavy atom. The van der Waals surface area contributed by atoms with E-state index in [9.17, 15) is 0 Å². The maximum atomic E-state index is 6.11. The highest BCUT2D eigenvalue weighted by Crippen LogP contribution is 2.55. The molecule has 1 aliphatic carbocycles. The van der Waals surface area contributed by atoms with Crippen LogP contribution in [0.15, 0.2) is 52.1 Å². The SMILES string of the molecule is ClC1(Cl)C[C@H]1CSc1nc(-c2ccco2)nc2ccccc12. The number of benzene rings is 1. The molecule has 0 spiro atoms. The van der Waals surface area contributed by atoms with Crippen LogP contribution in [0.5, 0.6) is 0 Å². The highest BCUT2D eigenvalue weighted by atomic mass is 35.5. The van der Waals surface area contributed by atoms with E-state index in [0.29, 0.717) is 17.5 Å². The molecule has 4 rings (SSSR count). The second-order valence-electron chi connectivity index (χ2n) is 5.32. The van der Waals surface area contributed by atoms with Crippen LogP contribution in [0, 0.1) is 5.92 Å². The predicted molar refractivity (Wildman–Crippen MR) is 90.5 cm³/mol. The highest BCUT2D eigenvalue weighted by molar-refractivity contribution is 7.99. The van der Waals surface area contributed by atoms with Crippen molar-refractivity contribution in [1.82, 2.24) is 9.97 Å². The zero-order valence-electron chi connectivity index (χ0n) is 11.5. The highest BCUT2D eigenvalue weighted by Gasteiger charge is 2.51. The standard InChI is InChI=1S/C16H12Cl2N2OS/c17-16(18)8-10(16)9-22-15-11-4-1-2-5-12(11)19-14(20-15)13-6-3-7-21-13/h1-7,10H,8-9H2/t10-/m0/s1. The number of hydrogen-bond donors (Lipinski definition) is 0. The van der Waals surface area contributed by atoms with E-state index in [0.717, 1.165) is 28.1 Å². The van der Waals surface area contributed by atoms with E-state index >= 15 is 0 Å². The minimum atomic E-state index is -0.556. The van der Waals surface area contributed by atoms with E-state index in [4.69, 9.17) is 27.6 Å². The number of alkyl halides is 2. The maximum absolute atomic E-state index is 6.11. The lowest BCUT2D eigenvalue weighted by Gasteiger charge is -2.07. The average molecular weight is 351 g/mol. The van der Waals surface area contributed by atoms with Gasteiger partial charge in [-0.3, -0.25) is 0 Å². The smallest absolute Gasteiger partial charge is 0.197 e. The summed E-state index contributed by atoms with van der Waals surface area (Å²) in [5, 5.41) is 1.98. The molecule has 3 aromatic rings. The largest absolute Gasteiger partial charge is 0.461 e. The number of thioether (sulfide) groups is 1. The Kier molecular flexibility index (Phi) is 3.56. The Hall–Kier alpha value is -1.23. The number of aromatic nitrogens is 2. The molecular weight excluding hydrogens is 339 g/mol. The lowest BCUT2D eigenvalue weighted by molar-refractivity contribution is 0.577.